The molecule has 1 amide bonds. The molecule has 4 heterocycles. The summed E-state index contributed by atoms with van der Waals surface area (Å²) >= 11 is 0. The van der Waals surface area contributed by atoms with Crippen LogP contribution in [0.5, 0.6) is 0 Å². The summed E-state index contributed by atoms with van der Waals surface area (Å²) in [5, 5.41) is 6.92. The Labute approximate surface area is 138 Å². The molecular formula is C15H19N5O4. The number of hydrogen-bond donors (Lipinski definition) is 1. The minimum absolute atomic E-state index is 0.171. The number of hydrogen-bond acceptors (Lipinski definition) is 7. The molecule has 24 heavy (non-hydrogen) atoms. The van der Waals surface area contributed by atoms with Crippen LogP contribution in [0.25, 0.3) is 0 Å². The summed E-state index contributed by atoms with van der Waals surface area (Å²) < 4.78 is 16.7. The molecule has 2 aliphatic heterocycles. The molecule has 0 saturated carbocycles. The summed E-state index contributed by atoms with van der Waals surface area (Å²) in [7, 11) is 0. The van der Waals surface area contributed by atoms with Gasteiger partial charge in [0.25, 0.3) is 5.91 Å². The van der Waals surface area contributed by atoms with Crippen molar-refractivity contribution in [2.75, 3.05) is 26.3 Å². The lowest BCUT2D eigenvalue weighted by Gasteiger charge is -2.31. The third-order valence-electron chi connectivity index (χ3n) is 4.28. The molecule has 9 nitrogen and oxygen atoms in total. The average Bonchev–Trinajstić information content (AvgIpc) is 3.34. The Morgan fingerprint density at radius 1 is 1.33 bits per heavy atom. The van der Waals surface area contributed by atoms with Crippen molar-refractivity contribution in [2.45, 2.75) is 32.0 Å². The summed E-state index contributed by atoms with van der Waals surface area (Å²) in [6, 6.07) is 0. The number of nitrogens with one attached hydrogen (secondary N) is 1. The lowest BCUT2D eigenvalue weighted by atomic mass is 10.1. The third kappa shape index (κ3) is 2.80. The Morgan fingerprint density at radius 3 is 2.96 bits per heavy atom. The molecule has 2 aromatic heterocycles. The van der Waals surface area contributed by atoms with Gasteiger partial charge < -0.3 is 18.8 Å². The van der Waals surface area contributed by atoms with Gasteiger partial charge in [-0.1, -0.05) is 0 Å². The number of morpholine rings is 1. The van der Waals surface area contributed by atoms with E-state index in [1.165, 1.54) is 6.39 Å². The number of aromatic amines is 1. The largest absolute Gasteiger partial charge is 0.445 e. The smallest absolute Gasteiger partial charge is 0.276 e. The van der Waals surface area contributed by atoms with Crippen LogP contribution in [-0.4, -0.2) is 57.3 Å². The van der Waals surface area contributed by atoms with Gasteiger partial charge in [0, 0.05) is 13.2 Å². The van der Waals surface area contributed by atoms with Gasteiger partial charge in [0.2, 0.25) is 0 Å². The fraction of sp³-hybridized carbons (Fsp3) is 0.600. The number of H-pyrrole nitrogens is 1. The maximum atomic E-state index is 12.9. The number of oxazole rings is 1. The number of carbonyl (C=O) groups is 1. The second-order valence-corrected chi connectivity index (χ2v) is 5.96. The van der Waals surface area contributed by atoms with Gasteiger partial charge in [0.1, 0.15) is 18.0 Å². The molecule has 128 valence electrons. The quantitative estimate of drug-likeness (QED) is 0.898. The number of carbonyl (C=O) groups excluding carboxylic acids is 1. The molecule has 2 aromatic rings. The molecule has 2 unspecified atom stereocenters. The number of nitrogens with zero attached hydrogens (tertiary/aromatic N) is 4. The van der Waals surface area contributed by atoms with Crippen LogP contribution in [-0.2, 0) is 9.47 Å². The van der Waals surface area contributed by atoms with Crippen molar-refractivity contribution < 1.29 is 18.7 Å². The molecule has 1 N–H and O–H groups in total. The Hall–Kier alpha value is -2.26. The van der Waals surface area contributed by atoms with E-state index in [4.69, 9.17) is 13.9 Å². The summed E-state index contributed by atoms with van der Waals surface area (Å²) in [5.74, 6) is 1.63. The first-order chi connectivity index (χ1) is 11.7. The summed E-state index contributed by atoms with van der Waals surface area (Å²) in [4.78, 5) is 23.0. The standard InChI is InChI=1S/C15H19N5O4/c1-9-17-14(19-18-9)11-7-20(4-6-23-11)15(21)12-13(24-8-16-12)10-3-2-5-22-10/h8,10-11H,2-7H2,1H3,(H,17,18,19). The lowest BCUT2D eigenvalue weighted by molar-refractivity contribution is -0.0270. The van der Waals surface area contributed by atoms with Crippen LogP contribution in [0.1, 0.15) is 52.9 Å². The van der Waals surface area contributed by atoms with Gasteiger partial charge in [-0.3, -0.25) is 9.89 Å². The summed E-state index contributed by atoms with van der Waals surface area (Å²) in [6.07, 6.45) is 2.59. The topological polar surface area (TPSA) is 106 Å². The first-order valence-corrected chi connectivity index (χ1v) is 8.07. The maximum Gasteiger partial charge on any atom is 0.276 e. The van der Waals surface area contributed by atoms with Crippen molar-refractivity contribution in [1.82, 2.24) is 25.1 Å². The minimum Gasteiger partial charge on any atom is -0.445 e. The Bertz CT molecular complexity index is 721. The van der Waals surface area contributed by atoms with E-state index in [2.05, 4.69) is 20.2 Å². The second-order valence-electron chi connectivity index (χ2n) is 5.96. The first kappa shape index (κ1) is 15.3. The normalized spacial score (nSPS) is 24.5. The summed E-state index contributed by atoms with van der Waals surface area (Å²) in [6.45, 7) is 3.82. The Morgan fingerprint density at radius 2 is 2.21 bits per heavy atom. The number of aryl methyl sites for hydroxylation is 1. The molecule has 2 saturated heterocycles. The summed E-state index contributed by atoms with van der Waals surface area (Å²) in [5.41, 5.74) is 0.328. The lowest BCUT2D eigenvalue weighted by Crippen LogP contribution is -2.43. The SMILES string of the molecule is Cc1nc(C2CN(C(=O)c3ncoc3C3CCCO3)CCO2)n[nH]1. The molecule has 2 aliphatic rings. The third-order valence-corrected chi connectivity index (χ3v) is 4.28. The average molecular weight is 333 g/mol. The molecule has 2 atom stereocenters. The second kappa shape index (κ2) is 6.33. The van der Waals surface area contributed by atoms with E-state index in [0.717, 1.165) is 12.8 Å². The van der Waals surface area contributed by atoms with E-state index in [1.54, 1.807) is 4.90 Å². The van der Waals surface area contributed by atoms with Crippen molar-refractivity contribution in [3.8, 4) is 0 Å². The zero-order chi connectivity index (χ0) is 16.5. The highest BCUT2D eigenvalue weighted by molar-refractivity contribution is 5.93. The number of aromatic nitrogens is 4. The Balaban J connectivity index is 1.51. The van der Waals surface area contributed by atoms with Crippen LogP contribution >= 0.6 is 0 Å². The van der Waals surface area contributed by atoms with E-state index < -0.39 is 0 Å². The molecule has 9 heteroatoms. The zero-order valence-electron chi connectivity index (χ0n) is 13.4. The minimum atomic E-state index is -0.342. The van der Waals surface area contributed by atoms with Crippen molar-refractivity contribution in [2.24, 2.45) is 0 Å². The monoisotopic (exact) mass is 333 g/mol. The number of amides is 1. The van der Waals surface area contributed by atoms with Crippen molar-refractivity contribution in [3.63, 3.8) is 0 Å². The van der Waals surface area contributed by atoms with Gasteiger partial charge in [0.05, 0.1) is 13.2 Å². The Kier molecular flexibility index (Phi) is 4.03. The van der Waals surface area contributed by atoms with Crippen LogP contribution in [0, 0.1) is 6.92 Å². The fourth-order valence-electron chi connectivity index (χ4n) is 3.07. The van der Waals surface area contributed by atoms with E-state index >= 15 is 0 Å². The molecule has 0 radical (unpaired) electrons. The van der Waals surface area contributed by atoms with Crippen LogP contribution in [0.15, 0.2) is 10.8 Å². The van der Waals surface area contributed by atoms with Crippen molar-refractivity contribution in [3.05, 3.63) is 29.5 Å². The molecular weight excluding hydrogens is 314 g/mol. The molecule has 2 fully saturated rings. The van der Waals surface area contributed by atoms with Crippen LogP contribution in [0.3, 0.4) is 0 Å². The molecule has 0 spiro atoms. The van der Waals surface area contributed by atoms with E-state index in [9.17, 15) is 4.79 Å². The number of rotatable bonds is 3. The van der Waals surface area contributed by atoms with E-state index in [1.807, 2.05) is 6.92 Å². The van der Waals surface area contributed by atoms with Gasteiger partial charge in [-0.25, -0.2) is 9.97 Å². The fourth-order valence-corrected chi connectivity index (χ4v) is 3.07. The predicted octanol–water partition coefficient (Wildman–Crippen LogP) is 1.17. The van der Waals surface area contributed by atoms with Gasteiger partial charge in [-0.2, -0.15) is 5.10 Å². The van der Waals surface area contributed by atoms with Gasteiger partial charge >= 0.3 is 0 Å². The molecule has 4 rings (SSSR count). The van der Waals surface area contributed by atoms with Crippen molar-refractivity contribution >= 4 is 5.91 Å². The van der Waals surface area contributed by atoms with Crippen molar-refractivity contribution in [1.29, 1.82) is 0 Å². The highest BCUT2D eigenvalue weighted by Gasteiger charge is 2.33. The number of ether oxygens (including phenoxy) is 2. The van der Waals surface area contributed by atoms with Crippen LogP contribution in [0.2, 0.25) is 0 Å². The zero-order valence-corrected chi connectivity index (χ0v) is 13.4. The van der Waals surface area contributed by atoms with Crippen LogP contribution < -0.4 is 0 Å². The highest BCUT2D eigenvalue weighted by Crippen LogP contribution is 2.31. The molecule has 0 aliphatic carbocycles. The first-order valence-electron chi connectivity index (χ1n) is 8.07. The van der Waals surface area contributed by atoms with Crippen LogP contribution in [0.4, 0.5) is 0 Å². The predicted molar refractivity (Wildman–Crippen MR) is 80.1 cm³/mol. The van der Waals surface area contributed by atoms with Gasteiger partial charge in [-0.15, -0.1) is 0 Å². The van der Waals surface area contributed by atoms with E-state index in [0.29, 0.717) is 49.4 Å². The van der Waals surface area contributed by atoms with E-state index in [-0.39, 0.29) is 18.1 Å². The molecule has 0 aromatic carbocycles. The maximum absolute atomic E-state index is 12.9. The highest BCUT2D eigenvalue weighted by atomic mass is 16.5. The van der Waals surface area contributed by atoms with Gasteiger partial charge in [-0.05, 0) is 19.8 Å². The molecule has 0 bridgehead atoms. The van der Waals surface area contributed by atoms with Gasteiger partial charge in [0.15, 0.2) is 23.7 Å².